The average Bonchev–Trinajstić information content (AvgIpc) is 3.01. The molecule has 3 aliphatic rings. The van der Waals surface area contributed by atoms with Gasteiger partial charge < -0.3 is 10.2 Å². The third kappa shape index (κ3) is 2.29. The summed E-state index contributed by atoms with van der Waals surface area (Å²) in [5.41, 5.74) is 0. The van der Waals surface area contributed by atoms with Crippen LogP contribution < -0.4 is 5.32 Å². The Labute approximate surface area is 110 Å². The van der Waals surface area contributed by atoms with Gasteiger partial charge >= 0.3 is 0 Å². The van der Waals surface area contributed by atoms with E-state index in [-0.39, 0.29) is 0 Å². The fraction of sp³-hybridized carbons (Fsp3) is 0.933. The Morgan fingerprint density at radius 1 is 1.28 bits per heavy atom. The number of nitrogens with zero attached hydrogens (tertiary/aromatic N) is 1. The average molecular weight is 250 g/mol. The molecule has 3 heteroatoms. The van der Waals surface area contributed by atoms with Gasteiger partial charge in [0.1, 0.15) is 0 Å². The molecule has 3 fully saturated rings. The van der Waals surface area contributed by atoms with Gasteiger partial charge in [0.2, 0.25) is 5.91 Å². The van der Waals surface area contributed by atoms with Crippen LogP contribution in [0.5, 0.6) is 0 Å². The third-order valence-corrected chi connectivity index (χ3v) is 5.38. The van der Waals surface area contributed by atoms with Gasteiger partial charge in [-0.05, 0) is 63.5 Å². The summed E-state index contributed by atoms with van der Waals surface area (Å²) in [6.07, 6.45) is 7.70. The van der Waals surface area contributed by atoms with Crippen LogP contribution in [0, 0.1) is 23.7 Å². The van der Waals surface area contributed by atoms with E-state index in [1.807, 2.05) is 7.05 Å². The molecule has 1 amide bonds. The van der Waals surface area contributed by atoms with Gasteiger partial charge in [-0.3, -0.25) is 4.79 Å². The van der Waals surface area contributed by atoms with Gasteiger partial charge in [0, 0.05) is 19.0 Å². The first-order valence-electron chi connectivity index (χ1n) is 7.71. The van der Waals surface area contributed by atoms with Crippen molar-refractivity contribution in [3.8, 4) is 0 Å². The van der Waals surface area contributed by atoms with Gasteiger partial charge in [-0.15, -0.1) is 0 Å². The van der Waals surface area contributed by atoms with E-state index in [0.717, 1.165) is 31.5 Å². The molecule has 18 heavy (non-hydrogen) atoms. The monoisotopic (exact) mass is 250 g/mol. The summed E-state index contributed by atoms with van der Waals surface area (Å²) in [7, 11) is 2.01. The second-order valence-corrected chi connectivity index (χ2v) is 6.63. The maximum Gasteiger partial charge on any atom is 0.225 e. The summed E-state index contributed by atoms with van der Waals surface area (Å²) in [4.78, 5) is 14.8. The van der Waals surface area contributed by atoms with Gasteiger partial charge in [-0.25, -0.2) is 0 Å². The number of carbonyl (C=O) groups is 1. The van der Waals surface area contributed by atoms with Crippen LogP contribution in [-0.2, 0) is 4.79 Å². The lowest BCUT2D eigenvalue weighted by atomic mass is 9.86. The van der Waals surface area contributed by atoms with Crippen LogP contribution in [0.2, 0.25) is 0 Å². The van der Waals surface area contributed by atoms with E-state index < -0.39 is 0 Å². The van der Waals surface area contributed by atoms with E-state index >= 15 is 0 Å². The van der Waals surface area contributed by atoms with Crippen molar-refractivity contribution < 1.29 is 4.79 Å². The molecule has 2 bridgehead atoms. The number of hydrogen-bond donors (Lipinski definition) is 1. The van der Waals surface area contributed by atoms with E-state index in [2.05, 4.69) is 10.2 Å². The Kier molecular flexibility index (Phi) is 3.60. The predicted octanol–water partition coefficient (Wildman–Crippen LogP) is 1.88. The fourth-order valence-electron chi connectivity index (χ4n) is 4.50. The number of carbonyl (C=O) groups excluding carboxylic acids is 1. The molecule has 0 radical (unpaired) electrons. The molecule has 1 aliphatic heterocycles. The topological polar surface area (TPSA) is 32.3 Å². The maximum atomic E-state index is 12.6. The molecular weight excluding hydrogens is 224 g/mol. The Morgan fingerprint density at radius 3 is 2.83 bits per heavy atom. The number of fused-ring (bicyclic) bond motifs is 2. The summed E-state index contributed by atoms with van der Waals surface area (Å²) < 4.78 is 0. The lowest BCUT2D eigenvalue weighted by molar-refractivity contribution is -0.139. The van der Waals surface area contributed by atoms with Crippen molar-refractivity contribution in [2.24, 2.45) is 23.7 Å². The van der Waals surface area contributed by atoms with Gasteiger partial charge in [0.05, 0.1) is 0 Å². The van der Waals surface area contributed by atoms with Crippen molar-refractivity contribution in [1.82, 2.24) is 10.2 Å². The minimum Gasteiger partial charge on any atom is -0.342 e. The molecule has 0 aromatic carbocycles. The molecule has 1 heterocycles. The molecule has 1 N–H and O–H groups in total. The molecule has 4 atom stereocenters. The summed E-state index contributed by atoms with van der Waals surface area (Å²) in [5.74, 6) is 3.15. The molecule has 0 aromatic rings. The van der Waals surface area contributed by atoms with Crippen LogP contribution in [0.3, 0.4) is 0 Å². The molecule has 0 aromatic heterocycles. The minimum atomic E-state index is 0.386. The largest absolute Gasteiger partial charge is 0.342 e. The number of amides is 1. The van der Waals surface area contributed by atoms with E-state index in [0.29, 0.717) is 17.7 Å². The van der Waals surface area contributed by atoms with Gasteiger partial charge in [0.25, 0.3) is 0 Å². The Bertz CT molecular complexity index is 316. The van der Waals surface area contributed by atoms with Crippen molar-refractivity contribution in [1.29, 1.82) is 0 Å². The Balaban J connectivity index is 1.58. The lowest BCUT2D eigenvalue weighted by Gasteiger charge is -2.36. The van der Waals surface area contributed by atoms with Crippen molar-refractivity contribution in [2.75, 3.05) is 26.7 Å². The van der Waals surface area contributed by atoms with Crippen molar-refractivity contribution in [3.05, 3.63) is 0 Å². The number of likely N-dealkylation sites (tertiary alicyclic amines) is 1. The van der Waals surface area contributed by atoms with Crippen molar-refractivity contribution in [2.45, 2.75) is 38.5 Å². The summed E-state index contributed by atoms with van der Waals surface area (Å²) >= 11 is 0. The maximum absolute atomic E-state index is 12.6. The summed E-state index contributed by atoms with van der Waals surface area (Å²) in [6.45, 7) is 3.06. The van der Waals surface area contributed by atoms with Crippen molar-refractivity contribution in [3.63, 3.8) is 0 Å². The predicted molar refractivity (Wildman–Crippen MR) is 72.2 cm³/mol. The second-order valence-electron chi connectivity index (χ2n) is 6.63. The first-order chi connectivity index (χ1) is 8.78. The van der Waals surface area contributed by atoms with Crippen LogP contribution in [-0.4, -0.2) is 37.5 Å². The van der Waals surface area contributed by atoms with E-state index in [1.54, 1.807) is 0 Å². The quantitative estimate of drug-likeness (QED) is 0.829. The standard InChI is InChI=1S/C15H26N2O/c1-16-9-12-3-2-6-17(10-12)15(18)14-8-11-4-5-13(14)7-11/h11-14,16H,2-10H2,1H3. The molecule has 0 spiro atoms. The molecule has 3 rings (SSSR count). The third-order valence-electron chi connectivity index (χ3n) is 5.38. The molecule has 3 nitrogen and oxygen atoms in total. The second kappa shape index (κ2) is 5.20. The van der Waals surface area contributed by atoms with Crippen LogP contribution in [0.15, 0.2) is 0 Å². The highest BCUT2D eigenvalue weighted by molar-refractivity contribution is 5.79. The number of rotatable bonds is 3. The highest BCUT2D eigenvalue weighted by Crippen LogP contribution is 2.49. The number of hydrogen-bond acceptors (Lipinski definition) is 2. The highest BCUT2D eigenvalue weighted by atomic mass is 16.2. The van der Waals surface area contributed by atoms with E-state index in [4.69, 9.17) is 0 Å². The lowest BCUT2D eigenvalue weighted by Crippen LogP contribution is -2.45. The zero-order chi connectivity index (χ0) is 12.5. The van der Waals surface area contributed by atoms with Crippen LogP contribution in [0.1, 0.15) is 38.5 Å². The molecule has 1 saturated heterocycles. The Morgan fingerprint density at radius 2 is 2.17 bits per heavy atom. The summed E-state index contributed by atoms with van der Waals surface area (Å²) in [6, 6.07) is 0. The number of nitrogens with one attached hydrogen (secondary N) is 1. The van der Waals surface area contributed by atoms with E-state index in [9.17, 15) is 4.79 Å². The highest BCUT2D eigenvalue weighted by Gasteiger charge is 2.44. The smallest absolute Gasteiger partial charge is 0.225 e. The minimum absolute atomic E-state index is 0.386. The SMILES string of the molecule is CNCC1CCCN(C(=O)C2CC3CCC2C3)C1. The van der Waals surface area contributed by atoms with E-state index in [1.165, 1.54) is 38.5 Å². The van der Waals surface area contributed by atoms with Gasteiger partial charge in [-0.1, -0.05) is 6.42 Å². The zero-order valence-electron chi connectivity index (χ0n) is 11.5. The molecule has 2 aliphatic carbocycles. The first-order valence-corrected chi connectivity index (χ1v) is 7.71. The van der Waals surface area contributed by atoms with Crippen LogP contribution >= 0.6 is 0 Å². The van der Waals surface area contributed by atoms with Crippen molar-refractivity contribution >= 4 is 5.91 Å². The molecule has 4 unspecified atom stereocenters. The molecule has 102 valence electrons. The van der Waals surface area contributed by atoms with Gasteiger partial charge in [0.15, 0.2) is 0 Å². The first kappa shape index (κ1) is 12.5. The molecule has 2 saturated carbocycles. The zero-order valence-corrected chi connectivity index (χ0v) is 11.5. The van der Waals surface area contributed by atoms with Crippen LogP contribution in [0.25, 0.3) is 0 Å². The fourth-order valence-corrected chi connectivity index (χ4v) is 4.50. The molecular formula is C15H26N2O. The normalized spacial score (nSPS) is 39.3. The van der Waals surface area contributed by atoms with Crippen LogP contribution in [0.4, 0.5) is 0 Å². The number of piperidine rings is 1. The summed E-state index contributed by atoms with van der Waals surface area (Å²) in [5, 5.41) is 3.26. The Hall–Kier alpha value is -0.570. The van der Waals surface area contributed by atoms with Gasteiger partial charge in [-0.2, -0.15) is 0 Å².